The van der Waals surface area contributed by atoms with E-state index in [1.54, 1.807) is 15.9 Å². The minimum atomic E-state index is 0.0178. The summed E-state index contributed by atoms with van der Waals surface area (Å²) in [5.41, 5.74) is 1.97. The van der Waals surface area contributed by atoms with Gasteiger partial charge in [-0.3, -0.25) is 4.79 Å². The number of halogens is 1. The molecule has 0 saturated carbocycles. The molecule has 29 heavy (non-hydrogen) atoms. The van der Waals surface area contributed by atoms with E-state index in [1.807, 2.05) is 24.3 Å². The summed E-state index contributed by atoms with van der Waals surface area (Å²) in [6.45, 7) is 7.82. The fraction of sp³-hybridized carbons (Fsp3) is 0.455. The lowest BCUT2D eigenvalue weighted by atomic mass is 10.1. The van der Waals surface area contributed by atoms with Gasteiger partial charge >= 0.3 is 0 Å². The number of anilines is 1. The molecule has 1 aliphatic rings. The van der Waals surface area contributed by atoms with Crippen molar-refractivity contribution in [2.75, 3.05) is 31.6 Å². The first-order valence-corrected chi connectivity index (χ1v) is 11.5. The third kappa shape index (κ3) is 3.81. The first kappa shape index (κ1) is 20.4. The van der Waals surface area contributed by atoms with Crippen molar-refractivity contribution in [1.82, 2.24) is 14.5 Å². The maximum absolute atomic E-state index is 13.8. The Morgan fingerprint density at radius 2 is 2.14 bits per heavy atom. The van der Waals surface area contributed by atoms with Crippen molar-refractivity contribution in [2.24, 2.45) is 0 Å². The number of rotatable bonds is 6. The van der Waals surface area contributed by atoms with Gasteiger partial charge in [0.1, 0.15) is 4.83 Å². The number of aromatic nitrogens is 2. The van der Waals surface area contributed by atoms with Crippen LogP contribution >= 0.6 is 22.9 Å². The van der Waals surface area contributed by atoms with Crippen molar-refractivity contribution in [1.29, 1.82) is 0 Å². The Morgan fingerprint density at radius 3 is 2.86 bits per heavy atom. The van der Waals surface area contributed by atoms with Crippen LogP contribution in [0.15, 0.2) is 29.1 Å². The highest BCUT2D eigenvalue weighted by atomic mass is 35.5. The van der Waals surface area contributed by atoms with Crippen LogP contribution in [0.3, 0.4) is 0 Å². The summed E-state index contributed by atoms with van der Waals surface area (Å²) in [7, 11) is 2.13. The molecule has 0 aliphatic carbocycles. The zero-order chi connectivity index (χ0) is 20.5. The van der Waals surface area contributed by atoms with Crippen LogP contribution < -0.4 is 10.5 Å². The van der Waals surface area contributed by atoms with Crippen LogP contribution in [0.1, 0.15) is 37.1 Å². The molecular formula is C22H27ClN4OS. The van der Waals surface area contributed by atoms with Gasteiger partial charge in [0.05, 0.1) is 11.1 Å². The van der Waals surface area contributed by atoms with Crippen LogP contribution in [-0.2, 0) is 13.0 Å². The molecule has 1 aliphatic heterocycles. The zero-order valence-electron chi connectivity index (χ0n) is 17.2. The molecular weight excluding hydrogens is 404 g/mol. The van der Waals surface area contributed by atoms with E-state index in [1.165, 1.54) is 10.4 Å². The van der Waals surface area contributed by atoms with Gasteiger partial charge in [0.15, 0.2) is 0 Å². The Labute approximate surface area is 180 Å². The van der Waals surface area contributed by atoms with Crippen molar-refractivity contribution in [3.63, 3.8) is 0 Å². The van der Waals surface area contributed by atoms with E-state index in [4.69, 9.17) is 16.6 Å². The van der Waals surface area contributed by atoms with Crippen molar-refractivity contribution in [2.45, 2.75) is 39.7 Å². The lowest BCUT2D eigenvalue weighted by molar-refractivity contribution is 0.318. The molecule has 0 spiro atoms. The smallest absolute Gasteiger partial charge is 0.268 e. The van der Waals surface area contributed by atoms with Gasteiger partial charge in [-0.1, -0.05) is 31.0 Å². The molecule has 0 fully saturated rings. The number of hydrogen-bond acceptors (Lipinski definition) is 5. The number of nitrogens with zero attached hydrogens (tertiary/aromatic N) is 4. The lowest BCUT2D eigenvalue weighted by Gasteiger charge is -2.25. The Morgan fingerprint density at radius 1 is 1.31 bits per heavy atom. The number of unbranched alkanes of at least 4 members (excludes halogenated alkanes) is 1. The summed E-state index contributed by atoms with van der Waals surface area (Å²) in [4.78, 5) is 25.5. The van der Waals surface area contributed by atoms with Gasteiger partial charge in [-0.05, 0) is 50.6 Å². The quantitative estimate of drug-likeness (QED) is 0.567. The normalized spacial score (nSPS) is 14.3. The molecule has 2 aromatic heterocycles. The minimum absolute atomic E-state index is 0.0178. The van der Waals surface area contributed by atoms with Crippen LogP contribution in [0, 0.1) is 0 Å². The summed E-state index contributed by atoms with van der Waals surface area (Å²) in [5.74, 6) is 0.715. The highest BCUT2D eigenvalue weighted by Crippen LogP contribution is 2.34. The molecule has 0 unspecified atom stereocenters. The molecule has 0 bridgehead atoms. The molecule has 0 atom stereocenters. The molecule has 1 aromatic carbocycles. The first-order valence-electron chi connectivity index (χ1n) is 10.3. The fourth-order valence-electron chi connectivity index (χ4n) is 3.97. The lowest BCUT2D eigenvalue weighted by Crippen LogP contribution is -2.33. The van der Waals surface area contributed by atoms with Gasteiger partial charge in [0.2, 0.25) is 5.95 Å². The molecule has 7 heteroatoms. The van der Waals surface area contributed by atoms with E-state index >= 15 is 0 Å². The maximum atomic E-state index is 13.8. The van der Waals surface area contributed by atoms with E-state index in [9.17, 15) is 4.79 Å². The average molecular weight is 431 g/mol. The van der Waals surface area contributed by atoms with E-state index in [0.29, 0.717) is 11.0 Å². The van der Waals surface area contributed by atoms with E-state index in [0.717, 1.165) is 61.3 Å². The highest BCUT2D eigenvalue weighted by molar-refractivity contribution is 7.18. The molecule has 154 valence electrons. The Kier molecular flexibility index (Phi) is 5.95. The predicted molar refractivity (Wildman–Crippen MR) is 123 cm³/mol. The van der Waals surface area contributed by atoms with Crippen molar-refractivity contribution in [3.05, 3.63) is 50.1 Å². The van der Waals surface area contributed by atoms with Gasteiger partial charge in [-0.2, -0.15) is 0 Å². The van der Waals surface area contributed by atoms with Crippen LogP contribution in [0.5, 0.6) is 0 Å². The van der Waals surface area contributed by atoms with Crippen LogP contribution in [-0.4, -0.2) is 41.1 Å². The van der Waals surface area contributed by atoms with E-state index < -0.39 is 0 Å². The molecule has 0 radical (unpaired) electrons. The van der Waals surface area contributed by atoms with Gasteiger partial charge in [-0.25, -0.2) is 9.55 Å². The van der Waals surface area contributed by atoms with Gasteiger partial charge in [-0.15, -0.1) is 11.3 Å². The van der Waals surface area contributed by atoms with Crippen LogP contribution in [0.4, 0.5) is 5.95 Å². The number of benzene rings is 1. The second kappa shape index (κ2) is 8.46. The van der Waals surface area contributed by atoms with Gasteiger partial charge < -0.3 is 9.80 Å². The predicted octanol–water partition coefficient (Wildman–Crippen LogP) is 4.71. The molecule has 3 heterocycles. The summed E-state index contributed by atoms with van der Waals surface area (Å²) in [5, 5.41) is 1.40. The van der Waals surface area contributed by atoms with Gasteiger partial charge in [0, 0.05) is 36.1 Å². The Hall–Kier alpha value is -1.89. The van der Waals surface area contributed by atoms with E-state index in [2.05, 4.69) is 30.7 Å². The summed E-state index contributed by atoms with van der Waals surface area (Å²) < 4.78 is 1.76. The summed E-state index contributed by atoms with van der Waals surface area (Å²) in [6, 6.07) is 7.50. The van der Waals surface area contributed by atoms with Gasteiger partial charge in [0.25, 0.3) is 5.56 Å². The average Bonchev–Trinajstić information content (AvgIpc) is 3.06. The number of hydrogen-bond donors (Lipinski definition) is 0. The second-order valence-corrected chi connectivity index (χ2v) is 9.16. The number of fused-ring (bicyclic) bond motifs is 3. The maximum Gasteiger partial charge on any atom is 0.268 e. The second-order valence-electron chi connectivity index (χ2n) is 7.64. The topological polar surface area (TPSA) is 41.4 Å². The molecule has 5 nitrogen and oxygen atoms in total. The fourth-order valence-corrected chi connectivity index (χ4v) is 5.44. The van der Waals surface area contributed by atoms with Crippen LogP contribution in [0.25, 0.3) is 15.9 Å². The largest absolute Gasteiger partial charge is 0.342 e. The van der Waals surface area contributed by atoms with E-state index in [-0.39, 0.29) is 5.56 Å². The molecule has 3 aromatic rings. The third-order valence-corrected chi connectivity index (χ3v) is 6.91. The van der Waals surface area contributed by atoms with Crippen molar-refractivity contribution >= 4 is 39.1 Å². The Balaban J connectivity index is 1.99. The summed E-state index contributed by atoms with van der Waals surface area (Å²) >= 11 is 7.94. The SMILES string of the molecule is CCCCN(CC)c1nc2sc3c(c2c(=O)n1-c1cccc(Cl)c1)CCN(C)C3. The molecule has 0 saturated heterocycles. The summed E-state index contributed by atoms with van der Waals surface area (Å²) in [6.07, 6.45) is 3.05. The standard InChI is InChI=1S/C22H27ClN4OS/c1-4-6-11-26(5-2)22-24-20-19(17-10-12-25(3)14-18(17)29-20)21(28)27(22)16-9-7-8-15(23)13-16/h7-9,13H,4-6,10-12,14H2,1-3H3. The zero-order valence-corrected chi connectivity index (χ0v) is 18.8. The number of thiophene rings is 1. The monoisotopic (exact) mass is 430 g/mol. The third-order valence-electron chi connectivity index (χ3n) is 5.56. The molecule has 0 N–H and O–H groups in total. The molecule has 0 amide bonds. The van der Waals surface area contributed by atoms with Crippen molar-refractivity contribution in [3.8, 4) is 5.69 Å². The molecule has 4 rings (SSSR count). The Bertz CT molecular complexity index is 1090. The van der Waals surface area contributed by atoms with Crippen molar-refractivity contribution < 1.29 is 0 Å². The minimum Gasteiger partial charge on any atom is -0.342 e. The van der Waals surface area contributed by atoms with Crippen LogP contribution in [0.2, 0.25) is 5.02 Å². The highest BCUT2D eigenvalue weighted by Gasteiger charge is 2.25. The first-order chi connectivity index (χ1) is 14.0. The number of likely N-dealkylation sites (N-methyl/N-ethyl adjacent to an activating group) is 1.